The van der Waals surface area contributed by atoms with Crippen LogP contribution < -0.4 is 11.1 Å². The van der Waals surface area contributed by atoms with E-state index in [4.69, 9.17) is 5.73 Å². The molecule has 0 unspecified atom stereocenters. The van der Waals surface area contributed by atoms with Crippen LogP contribution in [0.2, 0.25) is 0 Å². The van der Waals surface area contributed by atoms with Crippen LogP contribution in [0.25, 0.3) is 22.3 Å². The van der Waals surface area contributed by atoms with Crippen molar-refractivity contribution in [2.24, 2.45) is 5.73 Å². The number of nitrogens with two attached hydrogens (primary N) is 1. The maximum absolute atomic E-state index is 14.3. The zero-order valence-electron chi connectivity index (χ0n) is 16.0. The summed E-state index contributed by atoms with van der Waals surface area (Å²) in [5, 5.41) is 7.54. The number of carbonyl (C=O) groups is 1. The Morgan fingerprint density at radius 2 is 1.97 bits per heavy atom. The van der Waals surface area contributed by atoms with Crippen LogP contribution in [-0.2, 0) is 11.3 Å². The Kier molecular flexibility index (Phi) is 4.67. The molecule has 4 aromatic rings. The number of primary amides is 1. The number of hydrogen-bond donors (Lipinski definition) is 2. The third kappa shape index (κ3) is 3.64. The minimum absolute atomic E-state index is 0.0566. The topological polar surface area (TPSA) is 98.7 Å². The number of halogens is 1. The van der Waals surface area contributed by atoms with E-state index in [1.807, 2.05) is 13.8 Å². The molecule has 3 heterocycles. The number of pyridine rings is 2. The second kappa shape index (κ2) is 7.31. The first kappa shape index (κ1) is 18.5. The van der Waals surface area contributed by atoms with Crippen LogP contribution in [-0.4, -0.2) is 25.7 Å². The molecular weight excluding hydrogens is 371 g/mol. The molecule has 0 saturated carbocycles. The van der Waals surface area contributed by atoms with Gasteiger partial charge in [0, 0.05) is 23.6 Å². The predicted octanol–water partition coefficient (Wildman–Crippen LogP) is 3.48. The van der Waals surface area contributed by atoms with Crippen molar-refractivity contribution in [1.29, 1.82) is 0 Å². The minimum Gasteiger partial charge on any atom is -0.368 e. The van der Waals surface area contributed by atoms with Gasteiger partial charge in [0.15, 0.2) is 0 Å². The maximum atomic E-state index is 14.3. The molecule has 0 fully saturated rings. The van der Waals surface area contributed by atoms with E-state index in [9.17, 15) is 9.18 Å². The first-order valence-electron chi connectivity index (χ1n) is 9.01. The van der Waals surface area contributed by atoms with Crippen LogP contribution in [0.1, 0.15) is 11.1 Å². The molecule has 1 aromatic carbocycles. The zero-order chi connectivity index (χ0) is 20.5. The number of amides is 1. The van der Waals surface area contributed by atoms with Crippen LogP contribution >= 0.6 is 0 Å². The van der Waals surface area contributed by atoms with Crippen LogP contribution in [0.15, 0.2) is 48.9 Å². The SMILES string of the molecule is Cc1ccc(F)c(-c2cc(Nc3ccnc4cnn(CC(N)=O)c34)c(C)cn2)c1. The molecule has 0 radical (unpaired) electrons. The highest BCUT2D eigenvalue weighted by Crippen LogP contribution is 2.30. The molecule has 8 heteroatoms. The second-order valence-electron chi connectivity index (χ2n) is 6.85. The van der Waals surface area contributed by atoms with E-state index >= 15 is 0 Å². The van der Waals surface area contributed by atoms with Gasteiger partial charge in [-0.1, -0.05) is 11.6 Å². The molecule has 0 aliphatic carbocycles. The molecule has 0 aliphatic rings. The lowest BCUT2D eigenvalue weighted by Gasteiger charge is -2.13. The number of aromatic nitrogens is 4. The molecule has 0 aliphatic heterocycles. The Morgan fingerprint density at radius 3 is 2.76 bits per heavy atom. The van der Waals surface area contributed by atoms with Gasteiger partial charge < -0.3 is 11.1 Å². The van der Waals surface area contributed by atoms with Gasteiger partial charge in [-0.3, -0.25) is 19.4 Å². The number of carbonyl (C=O) groups excluding carboxylic acids is 1. The van der Waals surface area contributed by atoms with Crippen molar-refractivity contribution in [2.45, 2.75) is 20.4 Å². The van der Waals surface area contributed by atoms with Gasteiger partial charge in [0.2, 0.25) is 5.91 Å². The fourth-order valence-corrected chi connectivity index (χ4v) is 3.17. The van der Waals surface area contributed by atoms with Crippen molar-refractivity contribution in [2.75, 3.05) is 5.32 Å². The van der Waals surface area contributed by atoms with E-state index in [1.54, 1.807) is 42.9 Å². The Morgan fingerprint density at radius 1 is 1.14 bits per heavy atom. The lowest BCUT2D eigenvalue weighted by atomic mass is 10.1. The fourth-order valence-electron chi connectivity index (χ4n) is 3.17. The smallest absolute Gasteiger partial charge is 0.239 e. The zero-order valence-corrected chi connectivity index (χ0v) is 16.0. The van der Waals surface area contributed by atoms with Crippen molar-refractivity contribution in [3.8, 4) is 11.3 Å². The number of anilines is 2. The summed E-state index contributed by atoms with van der Waals surface area (Å²) in [5.74, 6) is -0.828. The molecule has 0 saturated heterocycles. The molecule has 7 nitrogen and oxygen atoms in total. The highest BCUT2D eigenvalue weighted by Gasteiger charge is 2.14. The molecule has 0 atom stereocenters. The molecule has 4 rings (SSSR count). The summed E-state index contributed by atoms with van der Waals surface area (Å²) in [6, 6.07) is 8.51. The normalized spacial score (nSPS) is 11.0. The average Bonchev–Trinajstić information content (AvgIpc) is 3.09. The third-order valence-electron chi connectivity index (χ3n) is 4.61. The van der Waals surface area contributed by atoms with Crippen molar-refractivity contribution in [1.82, 2.24) is 19.7 Å². The van der Waals surface area contributed by atoms with Gasteiger partial charge in [-0.25, -0.2) is 4.39 Å². The summed E-state index contributed by atoms with van der Waals surface area (Å²) in [4.78, 5) is 20.0. The molecule has 0 bridgehead atoms. The minimum atomic E-state index is -0.498. The van der Waals surface area contributed by atoms with Gasteiger partial charge in [0.25, 0.3) is 0 Å². The largest absolute Gasteiger partial charge is 0.368 e. The highest BCUT2D eigenvalue weighted by molar-refractivity contribution is 5.91. The third-order valence-corrected chi connectivity index (χ3v) is 4.61. The number of benzene rings is 1. The first-order chi connectivity index (χ1) is 13.9. The quantitative estimate of drug-likeness (QED) is 0.544. The lowest BCUT2D eigenvalue weighted by Crippen LogP contribution is -2.19. The summed E-state index contributed by atoms with van der Waals surface area (Å²) in [6.45, 7) is 3.76. The van der Waals surface area contributed by atoms with Crippen molar-refractivity contribution >= 4 is 28.3 Å². The summed E-state index contributed by atoms with van der Waals surface area (Å²) < 4.78 is 15.8. The van der Waals surface area contributed by atoms with Crippen LogP contribution in [0.5, 0.6) is 0 Å². The van der Waals surface area contributed by atoms with Crippen molar-refractivity contribution in [3.63, 3.8) is 0 Å². The molecule has 29 heavy (non-hydrogen) atoms. The number of nitrogens with zero attached hydrogens (tertiary/aromatic N) is 4. The van der Waals surface area contributed by atoms with E-state index in [0.717, 1.165) is 16.8 Å². The van der Waals surface area contributed by atoms with E-state index in [2.05, 4.69) is 20.4 Å². The second-order valence-corrected chi connectivity index (χ2v) is 6.85. The number of nitrogens with one attached hydrogen (secondary N) is 1. The average molecular weight is 390 g/mol. The van der Waals surface area contributed by atoms with Gasteiger partial charge in [0.05, 0.1) is 17.6 Å². The first-order valence-corrected chi connectivity index (χ1v) is 9.01. The molecule has 1 amide bonds. The number of fused-ring (bicyclic) bond motifs is 1. The summed E-state index contributed by atoms with van der Waals surface area (Å²) >= 11 is 0. The van der Waals surface area contributed by atoms with Gasteiger partial charge >= 0.3 is 0 Å². The standard InChI is InChI=1S/C21H19FN6O/c1-12-3-4-15(22)14(7-12)18-8-17(13(2)9-25-18)27-16-5-6-24-19-10-26-28(21(16)19)11-20(23)29/h3-10H,11H2,1-2H3,(H2,23,29)(H,24,25,27). The number of hydrogen-bond acceptors (Lipinski definition) is 5. The lowest BCUT2D eigenvalue weighted by molar-refractivity contribution is -0.118. The highest BCUT2D eigenvalue weighted by atomic mass is 19.1. The molecule has 0 spiro atoms. The molecule has 3 N–H and O–H groups in total. The maximum Gasteiger partial charge on any atom is 0.239 e. The van der Waals surface area contributed by atoms with Gasteiger partial charge in [-0.15, -0.1) is 0 Å². The summed E-state index contributed by atoms with van der Waals surface area (Å²) in [7, 11) is 0. The van der Waals surface area contributed by atoms with E-state index in [0.29, 0.717) is 28.0 Å². The van der Waals surface area contributed by atoms with Crippen molar-refractivity contribution in [3.05, 3.63) is 65.9 Å². The van der Waals surface area contributed by atoms with Crippen LogP contribution in [0.4, 0.5) is 15.8 Å². The van der Waals surface area contributed by atoms with Gasteiger partial charge in [-0.05, 0) is 43.7 Å². The van der Waals surface area contributed by atoms with E-state index in [-0.39, 0.29) is 12.4 Å². The monoisotopic (exact) mass is 390 g/mol. The Bertz CT molecular complexity index is 1230. The van der Waals surface area contributed by atoms with E-state index < -0.39 is 5.91 Å². The predicted molar refractivity (Wildman–Crippen MR) is 109 cm³/mol. The molecule has 146 valence electrons. The summed E-state index contributed by atoms with van der Waals surface area (Å²) in [5.41, 5.74) is 10.9. The van der Waals surface area contributed by atoms with Crippen LogP contribution in [0.3, 0.4) is 0 Å². The fraction of sp³-hybridized carbons (Fsp3) is 0.143. The van der Waals surface area contributed by atoms with Gasteiger partial charge in [-0.2, -0.15) is 5.10 Å². The Hall–Kier alpha value is -3.81. The Balaban J connectivity index is 1.78. The number of rotatable bonds is 5. The van der Waals surface area contributed by atoms with E-state index in [1.165, 1.54) is 10.7 Å². The summed E-state index contributed by atoms with van der Waals surface area (Å²) in [6.07, 6.45) is 4.92. The van der Waals surface area contributed by atoms with Gasteiger partial charge in [0.1, 0.15) is 23.4 Å². The Labute approximate surface area is 166 Å². The molecule has 3 aromatic heterocycles. The molecular formula is C21H19FN6O. The van der Waals surface area contributed by atoms with Crippen LogP contribution in [0, 0.1) is 19.7 Å². The number of aryl methyl sites for hydroxylation is 2. The van der Waals surface area contributed by atoms with Crippen molar-refractivity contribution < 1.29 is 9.18 Å².